The lowest BCUT2D eigenvalue weighted by Gasteiger charge is -2.14. The Bertz CT molecular complexity index is 3620. The zero-order chi connectivity index (χ0) is 43.1. The first-order valence-electron chi connectivity index (χ1n) is 22.2. The van der Waals surface area contributed by atoms with Crippen LogP contribution in [0.4, 0.5) is 0 Å². The molecule has 0 saturated carbocycles. The van der Waals surface area contributed by atoms with Crippen LogP contribution in [0.1, 0.15) is 9.60 Å². The predicted octanol–water partition coefficient (Wildman–Crippen LogP) is 14.5. The Hall–Kier alpha value is -7.42. The van der Waals surface area contributed by atoms with Crippen molar-refractivity contribution in [1.82, 2.24) is 9.13 Å². The van der Waals surface area contributed by atoms with Gasteiger partial charge in [0.2, 0.25) is 0 Å². The Morgan fingerprint density at radius 2 is 0.911 bits per heavy atom. The van der Waals surface area contributed by atoms with Gasteiger partial charge in [0.25, 0.3) is 0 Å². The van der Waals surface area contributed by atoms with Crippen LogP contribution in [0.3, 0.4) is 0 Å². The first kappa shape index (κ1) is 25.6. The molecule has 0 atom stereocenters. The number of fused-ring (bicyclic) bond motifs is 6. The summed E-state index contributed by atoms with van der Waals surface area (Å²) in [4.78, 5) is 0. The first-order valence-corrected chi connectivity index (χ1v) is 18.7. The normalized spacial score (nSPS) is 13.3. The summed E-state index contributed by atoms with van der Waals surface area (Å²) in [5.41, 5.74) is 10.8. The van der Waals surface area contributed by atoms with Crippen molar-refractivity contribution in [3.63, 3.8) is 0 Å². The van der Waals surface area contributed by atoms with E-state index >= 15 is 0 Å². The highest BCUT2D eigenvalue weighted by atomic mass is 15.0. The average molecular weight is 720 g/mol. The molecular formula is C54H36N2. The van der Waals surface area contributed by atoms with Crippen LogP contribution >= 0.6 is 0 Å². The predicted molar refractivity (Wildman–Crippen MR) is 237 cm³/mol. The molecule has 11 aromatic rings. The van der Waals surface area contributed by atoms with E-state index in [2.05, 4.69) is 59.2 Å². The van der Waals surface area contributed by atoms with Crippen LogP contribution in [0.2, 0.25) is 0 Å². The zero-order valence-electron chi connectivity index (χ0n) is 37.1. The van der Waals surface area contributed by atoms with Crippen molar-refractivity contribution >= 4 is 43.6 Å². The van der Waals surface area contributed by atoms with Crippen LogP contribution in [-0.4, -0.2) is 9.13 Å². The van der Waals surface area contributed by atoms with Gasteiger partial charge in [0.05, 0.1) is 37.3 Å². The Morgan fingerprint density at radius 1 is 0.321 bits per heavy atom. The Kier molecular flexibility index (Phi) is 6.01. The molecule has 2 aromatic heterocycles. The quantitative estimate of drug-likeness (QED) is 0.162. The molecule has 0 bridgehead atoms. The number of nitrogens with zero attached hydrogens (tertiary/aromatic N) is 2. The minimum atomic E-state index is -0.423. The first-order chi connectivity index (χ1) is 30.7. The minimum absolute atomic E-state index is 0.0791. The summed E-state index contributed by atoms with van der Waals surface area (Å²) in [6.07, 6.45) is 0. The van der Waals surface area contributed by atoms with Gasteiger partial charge in [-0.05, 0) is 93.5 Å². The fraction of sp³-hybridized carbons (Fsp3) is 0. The fourth-order valence-corrected chi connectivity index (χ4v) is 8.13. The molecule has 0 aliphatic rings. The molecular weight excluding hydrogens is 677 g/mol. The van der Waals surface area contributed by atoms with Crippen LogP contribution in [0, 0.1) is 0 Å². The summed E-state index contributed by atoms with van der Waals surface area (Å²) in [7, 11) is 0. The van der Waals surface area contributed by atoms with Crippen molar-refractivity contribution in [3.05, 3.63) is 218 Å². The zero-order valence-corrected chi connectivity index (χ0v) is 30.1. The molecule has 0 aliphatic heterocycles. The molecule has 56 heavy (non-hydrogen) atoms. The molecule has 0 fully saturated rings. The van der Waals surface area contributed by atoms with Gasteiger partial charge < -0.3 is 9.13 Å². The van der Waals surface area contributed by atoms with Crippen molar-refractivity contribution in [1.29, 1.82) is 0 Å². The van der Waals surface area contributed by atoms with E-state index in [1.807, 2.05) is 121 Å². The maximum Gasteiger partial charge on any atom is 0.0645 e. The third kappa shape index (κ3) is 5.26. The van der Waals surface area contributed by atoms with Gasteiger partial charge in [-0.1, -0.05) is 164 Å². The molecule has 0 N–H and O–H groups in total. The lowest BCUT2D eigenvalue weighted by molar-refractivity contribution is 1.18. The lowest BCUT2D eigenvalue weighted by atomic mass is 9.99. The third-order valence-electron chi connectivity index (χ3n) is 10.8. The number of para-hydroxylation sites is 2. The molecule has 262 valence electrons. The monoisotopic (exact) mass is 719 g/mol. The largest absolute Gasteiger partial charge is 0.309 e. The smallest absolute Gasteiger partial charge is 0.0645 e. The van der Waals surface area contributed by atoms with Crippen molar-refractivity contribution in [3.8, 4) is 55.9 Å². The Morgan fingerprint density at radius 3 is 1.68 bits per heavy atom. The van der Waals surface area contributed by atoms with Crippen LogP contribution in [0.5, 0.6) is 0 Å². The second-order valence-electron chi connectivity index (χ2n) is 14.0. The van der Waals surface area contributed by atoms with Gasteiger partial charge in [-0.15, -0.1) is 0 Å². The summed E-state index contributed by atoms with van der Waals surface area (Å²) < 4.78 is 68.7. The topological polar surface area (TPSA) is 9.86 Å². The average Bonchev–Trinajstić information content (AvgIpc) is 3.87. The molecule has 2 heterocycles. The molecule has 0 spiro atoms. The number of hydrogen-bond acceptors (Lipinski definition) is 0. The van der Waals surface area contributed by atoms with Crippen LogP contribution in [0.15, 0.2) is 218 Å². The number of benzene rings is 9. The second kappa shape index (κ2) is 13.2. The van der Waals surface area contributed by atoms with Gasteiger partial charge >= 0.3 is 0 Å². The molecule has 0 aliphatic carbocycles. The van der Waals surface area contributed by atoms with Crippen LogP contribution in [0.25, 0.3) is 99.5 Å². The summed E-state index contributed by atoms with van der Waals surface area (Å²) >= 11 is 0. The van der Waals surface area contributed by atoms with Crippen molar-refractivity contribution in [2.75, 3.05) is 0 Å². The minimum Gasteiger partial charge on any atom is -0.309 e. The number of hydrogen-bond donors (Lipinski definition) is 0. The van der Waals surface area contributed by atoms with Gasteiger partial charge in [0.1, 0.15) is 0 Å². The molecule has 2 nitrogen and oxygen atoms in total. The van der Waals surface area contributed by atoms with E-state index in [1.165, 1.54) is 0 Å². The van der Waals surface area contributed by atoms with E-state index in [4.69, 9.17) is 5.48 Å². The van der Waals surface area contributed by atoms with Gasteiger partial charge in [-0.2, -0.15) is 0 Å². The second-order valence-corrected chi connectivity index (χ2v) is 14.0. The van der Waals surface area contributed by atoms with Crippen molar-refractivity contribution in [2.24, 2.45) is 0 Å². The van der Waals surface area contributed by atoms with E-state index in [0.29, 0.717) is 11.3 Å². The van der Waals surface area contributed by atoms with Crippen LogP contribution in [-0.2, 0) is 0 Å². The van der Waals surface area contributed by atoms with Gasteiger partial charge in [0, 0.05) is 32.8 Å². The van der Waals surface area contributed by atoms with E-state index in [0.717, 1.165) is 60.9 Å². The van der Waals surface area contributed by atoms with E-state index < -0.39 is 12.1 Å². The van der Waals surface area contributed by atoms with Crippen molar-refractivity contribution in [2.45, 2.75) is 0 Å². The molecule has 0 amide bonds. The summed E-state index contributed by atoms with van der Waals surface area (Å²) in [5.74, 6) is 0. The molecule has 2 heteroatoms. The number of aromatic nitrogens is 2. The van der Waals surface area contributed by atoms with Gasteiger partial charge in [-0.25, -0.2) is 0 Å². The molecule has 9 aromatic carbocycles. The van der Waals surface area contributed by atoms with E-state index in [9.17, 15) is 4.11 Å². The maximum atomic E-state index is 9.89. The summed E-state index contributed by atoms with van der Waals surface area (Å²) in [5, 5.41) is 2.22. The van der Waals surface area contributed by atoms with Gasteiger partial charge in [0.15, 0.2) is 0 Å². The standard InChI is InChI=1S/C54H36N2/c1-4-14-37(15-5-1)39-24-29-44(30-25-39)55-51-23-13-11-21-46(51)48-34-41(27-32-52(48)55)42-28-33-53-49(35-42)47-31-26-43(38-16-6-2-7-17-38)36-54(47)56(53)50-22-12-10-20-45(50)40-18-8-3-9-19-40/h1-36H/i11D,13D,21D,23D,27D,32D,34D. The SMILES string of the molecule is [2H]c1c([2H])c([2H])c2c(c1[2H])c1c([2H])c(-c3ccc4c(c3)c3ccc(-c5ccccc5)cc3n4-c3ccccc3-c3ccccc3)c([2H])c([2H])c1n2-c1ccc(-c2ccccc2)cc1. The third-order valence-corrected chi connectivity index (χ3v) is 10.8. The number of rotatable bonds is 6. The fourth-order valence-electron chi connectivity index (χ4n) is 8.13. The lowest BCUT2D eigenvalue weighted by Crippen LogP contribution is -1.97. The highest BCUT2D eigenvalue weighted by Crippen LogP contribution is 2.41. The molecule has 0 saturated heterocycles. The van der Waals surface area contributed by atoms with Gasteiger partial charge in [-0.3, -0.25) is 0 Å². The summed E-state index contributed by atoms with van der Waals surface area (Å²) in [6.45, 7) is 0. The Balaban J connectivity index is 1.18. The molecule has 0 radical (unpaired) electrons. The highest BCUT2D eigenvalue weighted by molar-refractivity contribution is 6.13. The molecule has 11 rings (SSSR count). The van der Waals surface area contributed by atoms with Crippen molar-refractivity contribution < 1.29 is 9.60 Å². The molecule has 0 unspecified atom stereocenters. The summed E-state index contributed by atoms with van der Waals surface area (Å²) in [6, 6.07) is 56.9. The van der Waals surface area contributed by atoms with E-state index in [1.54, 1.807) is 4.57 Å². The maximum absolute atomic E-state index is 9.89. The van der Waals surface area contributed by atoms with E-state index in [-0.39, 0.29) is 57.6 Å². The highest BCUT2D eigenvalue weighted by Gasteiger charge is 2.18. The Labute approximate surface area is 335 Å². The van der Waals surface area contributed by atoms with Crippen LogP contribution < -0.4 is 0 Å².